The minimum atomic E-state index is 0.0877. The van der Waals surface area contributed by atoms with Crippen LogP contribution >= 0.6 is 22.9 Å². The fourth-order valence-electron chi connectivity index (χ4n) is 3.49. The Hall–Kier alpha value is -2.47. The molecule has 0 saturated carbocycles. The molecular weight excluding hydrogens is 414 g/mol. The molecule has 0 N–H and O–H groups in total. The molecule has 1 aliphatic heterocycles. The molecule has 0 atom stereocenters. The zero-order valence-electron chi connectivity index (χ0n) is 16.9. The van der Waals surface area contributed by atoms with E-state index in [1.165, 1.54) is 16.9 Å². The number of benzene rings is 2. The van der Waals surface area contributed by atoms with Crippen LogP contribution in [-0.4, -0.2) is 53.4 Å². The number of rotatable bonds is 5. The fourth-order valence-corrected chi connectivity index (χ4v) is 4.66. The van der Waals surface area contributed by atoms with Crippen molar-refractivity contribution in [3.63, 3.8) is 0 Å². The van der Waals surface area contributed by atoms with E-state index in [0.717, 1.165) is 53.9 Å². The summed E-state index contributed by atoms with van der Waals surface area (Å²) in [7, 11) is 0. The molecule has 0 radical (unpaired) electrons. The van der Waals surface area contributed by atoms with Crippen LogP contribution in [0.4, 0.5) is 0 Å². The number of hydrogen-bond donors (Lipinski definition) is 0. The van der Waals surface area contributed by atoms with Gasteiger partial charge >= 0.3 is 0 Å². The lowest BCUT2D eigenvalue weighted by molar-refractivity contribution is 0.0654. The van der Waals surface area contributed by atoms with Crippen molar-refractivity contribution in [1.29, 1.82) is 0 Å². The van der Waals surface area contributed by atoms with Crippen LogP contribution in [0.1, 0.15) is 20.9 Å². The maximum absolute atomic E-state index is 13.1. The summed E-state index contributed by atoms with van der Waals surface area (Å²) in [5.74, 6) is 0.0877. The summed E-state index contributed by atoms with van der Waals surface area (Å²) in [4.78, 5) is 22.7. The van der Waals surface area contributed by atoms with Gasteiger partial charge in [-0.1, -0.05) is 66.2 Å². The van der Waals surface area contributed by atoms with E-state index >= 15 is 0 Å². The molecule has 1 fully saturated rings. The largest absolute Gasteiger partial charge is 0.335 e. The predicted molar refractivity (Wildman–Crippen MR) is 125 cm³/mol. The first kappa shape index (κ1) is 20.8. The molecule has 1 saturated heterocycles. The quantitative estimate of drug-likeness (QED) is 0.547. The highest BCUT2D eigenvalue weighted by Gasteiger charge is 2.25. The molecule has 0 aliphatic carbocycles. The van der Waals surface area contributed by atoms with Crippen molar-refractivity contribution in [3.8, 4) is 10.6 Å². The van der Waals surface area contributed by atoms with Gasteiger partial charge < -0.3 is 4.90 Å². The predicted octanol–water partition coefficient (Wildman–Crippen LogP) is 5.24. The maximum atomic E-state index is 13.1. The second-order valence-electron chi connectivity index (χ2n) is 7.35. The molecule has 6 heteroatoms. The highest BCUT2D eigenvalue weighted by atomic mass is 35.5. The number of aryl methyl sites for hydroxylation is 1. The van der Waals surface area contributed by atoms with E-state index in [1.54, 1.807) is 0 Å². The zero-order valence-corrected chi connectivity index (χ0v) is 18.5. The molecule has 154 valence electrons. The van der Waals surface area contributed by atoms with Crippen molar-refractivity contribution < 1.29 is 4.79 Å². The van der Waals surface area contributed by atoms with Crippen molar-refractivity contribution in [2.24, 2.45) is 0 Å². The molecular formula is C24H24ClN3OS. The van der Waals surface area contributed by atoms with Gasteiger partial charge in [0.2, 0.25) is 0 Å². The van der Waals surface area contributed by atoms with Gasteiger partial charge in [0.25, 0.3) is 5.91 Å². The van der Waals surface area contributed by atoms with Gasteiger partial charge in [-0.25, -0.2) is 4.98 Å². The van der Waals surface area contributed by atoms with Crippen molar-refractivity contribution in [2.45, 2.75) is 6.92 Å². The number of nitrogens with zero attached hydrogens (tertiary/aromatic N) is 3. The van der Waals surface area contributed by atoms with Crippen LogP contribution in [0, 0.1) is 6.92 Å². The molecule has 4 nitrogen and oxygen atoms in total. The Morgan fingerprint density at radius 2 is 1.77 bits per heavy atom. The van der Waals surface area contributed by atoms with E-state index in [0.29, 0.717) is 5.02 Å². The van der Waals surface area contributed by atoms with E-state index in [-0.39, 0.29) is 5.91 Å². The SMILES string of the molecule is Cc1nc(-c2ccc(Cl)cc2)sc1C(=O)N1CCN(C/C=C/c2ccccc2)CC1. The van der Waals surface area contributed by atoms with E-state index in [9.17, 15) is 4.79 Å². The third kappa shape index (κ3) is 4.98. The Morgan fingerprint density at radius 3 is 2.47 bits per heavy atom. The number of halogens is 1. The van der Waals surface area contributed by atoms with Crippen LogP contribution < -0.4 is 0 Å². The van der Waals surface area contributed by atoms with E-state index in [4.69, 9.17) is 11.6 Å². The smallest absolute Gasteiger partial charge is 0.265 e. The fraction of sp³-hybridized carbons (Fsp3) is 0.250. The monoisotopic (exact) mass is 437 g/mol. The zero-order chi connectivity index (χ0) is 20.9. The standard InChI is InChI=1S/C24H24ClN3OS/c1-18-22(30-23(26-18)20-9-11-21(25)12-10-20)24(29)28-16-14-27(15-17-28)13-5-8-19-6-3-2-4-7-19/h2-12H,13-17H2,1H3/b8-5+. The molecule has 2 heterocycles. The molecule has 1 amide bonds. The number of amides is 1. The van der Waals surface area contributed by atoms with Crippen LogP contribution in [0.25, 0.3) is 16.6 Å². The Kier molecular flexibility index (Phi) is 6.62. The number of aromatic nitrogens is 1. The summed E-state index contributed by atoms with van der Waals surface area (Å²) >= 11 is 7.44. The van der Waals surface area contributed by atoms with Crippen molar-refractivity contribution >= 4 is 34.9 Å². The minimum absolute atomic E-state index is 0.0877. The summed E-state index contributed by atoms with van der Waals surface area (Å²) in [6.45, 7) is 6.06. The van der Waals surface area contributed by atoms with Crippen LogP contribution in [0.3, 0.4) is 0 Å². The van der Waals surface area contributed by atoms with Gasteiger partial charge in [-0.15, -0.1) is 11.3 Å². The lowest BCUT2D eigenvalue weighted by Gasteiger charge is -2.34. The van der Waals surface area contributed by atoms with Crippen LogP contribution in [-0.2, 0) is 0 Å². The van der Waals surface area contributed by atoms with Gasteiger partial charge in [0, 0.05) is 43.3 Å². The average molecular weight is 438 g/mol. The van der Waals surface area contributed by atoms with E-state index in [1.807, 2.05) is 54.3 Å². The van der Waals surface area contributed by atoms with Gasteiger partial charge in [-0.3, -0.25) is 9.69 Å². The number of piperazine rings is 1. The van der Waals surface area contributed by atoms with Crippen molar-refractivity contribution in [1.82, 2.24) is 14.8 Å². The first-order valence-electron chi connectivity index (χ1n) is 10.1. The first-order chi connectivity index (χ1) is 14.6. The summed E-state index contributed by atoms with van der Waals surface area (Å²) in [5.41, 5.74) is 2.99. The Labute approximate surface area is 186 Å². The highest BCUT2D eigenvalue weighted by Crippen LogP contribution is 2.29. The van der Waals surface area contributed by atoms with Crippen LogP contribution in [0.2, 0.25) is 5.02 Å². The molecule has 1 aliphatic rings. The van der Waals surface area contributed by atoms with Gasteiger partial charge in [0.1, 0.15) is 9.88 Å². The van der Waals surface area contributed by atoms with E-state index in [2.05, 4.69) is 34.2 Å². The molecule has 2 aromatic carbocycles. The Balaban J connectivity index is 1.34. The molecule has 4 rings (SSSR count). The first-order valence-corrected chi connectivity index (χ1v) is 11.3. The molecule has 3 aromatic rings. The van der Waals surface area contributed by atoms with Crippen LogP contribution in [0.5, 0.6) is 0 Å². The third-order valence-corrected chi connectivity index (χ3v) is 6.66. The third-order valence-electron chi connectivity index (χ3n) is 5.21. The average Bonchev–Trinajstić information content (AvgIpc) is 3.16. The maximum Gasteiger partial charge on any atom is 0.265 e. The molecule has 0 bridgehead atoms. The molecule has 0 spiro atoms. The van der Waals surface area contributed by atoms with Gasteiger partial charge in [-0.2, -0.15) is 0 Å². The minimum Gasteiger partial charge on any atom is -0.335 e. The summed E-state index contributed by atoms with van der Waals surface area (Å²) < 4.78 is 0. The van der Waals surface area contributed by atoms with Crippen LogP contribution in [0.15, 0.2) is 60.7 Å². The van der Waals surface area contributed by atoms with E-state index < -0.39 is 0 Å². The lowest BCUT2D eigenvalue weighted by atomic mass is 10.2. The summed E-state index contributed by atoms with van der Waals surface area (Å²) in [6.07, 6.45) is 4.34. The molecule has 30 heavy (non-hydrogen) atoms. The van der Waals surface area contributed by atoms with Crippen molar-refractivity contribution in [3.05, 3.63) is 81.8 Å². The Bertz CT molecular complexity index is 1020. The summed E-state index contributed by atoms with van der Waals surface area (Å²) in [5, 5.41) is 1.55. The van der Waals surface area contributed by atoms with Gasteiger partial charge in [0.05, 0.1) is 5.69 Å². The number of thiazole rings is 1. The number of carbonyl (C=O) groups excluding carboxylic acids is 1. The summed E-state index contributed by atoms with van der Waals surface area (Å²) in [6, 6.07) is 17.9. The van der Waals surface area contributed by atoms with Gasteiger partial charge in [0.15, 0.2) is 0 Å². The highest BCUT2D eigenvalue weighted by molar-refractivity contribution is 7.17. The molecule has 1 aromatic heterocycles. The normalized spacial score (nSPS) is 15.1. The van der Waals surface area contributed by atoms with Gasteiger partial charge in [-0.05, 0) is 24.6 Å². The van der Waals surface area contributed by atoms with Crippen molar-refractivity contribution in [2.75, 3.05) is 32.7 Å². The number of carbonyl (C=O) groups is 1. The Morgan fingerprint density at radius 1 is 1.07 bits per heavy atom. The topological polar surface area (TPSA) is 36.4 Å². The number of hydrogen-bond acceptors (Lipinski definition) is 4. The molecule has 0 unspecified atom stereocenters. The second kappa shape index (κ2) is 9.56. The second-order valence-corrected chi connectivity index (χ2v) is 8.78. The lowest BCUT2D eigenvalue weighted by Crippen LogP contribution is -2.48.